The zero-order chi connectivity index (χ0) is 34.6. The number of piperidine rings is 2. The molecule has 2 saturated heterocycles. The standard InChI is InChI=1S/C39H44F6N2O2/c1-3-5-13-29-33(27-17-15-25(23-31(27)48-29)46-19-9-7-10-20-46)35-36(38(42,43)39(44,45)37(35,40)41)34-28-18-16-26(47-21-11-8-12-22-47)24-32(28)49-30(34)14-6-4-2/h15-18,23-24H,3-14,19-22H2,1-2H3. The summed E-state index contributed by atoms with van der Waals surface area (Å²) < 4.78 is 109. The molecule has 0 unspecified atom stereocenters. The first kappa shape index (κ1) is 33.9. The second-order valence-electron chi connectivity index (χ2n) is 13.9. The first-order valence-corrected chi connectivity index (χ1v) is 18.0. The van der Waals surface area contributed by atoms with Crippen molar-refractivity contribution >= 4 is 44.5 Å². The van der Waals surface area contributed by atoms with Gasteiger partial charge in [-0.1, -0.05) is 26.7 Å². The van der Waals surface area contributed by atoms with Gasteiger partial charge in [0, 0.05) is 95.6 Å². The second kappa shape index (κ2) is 13.0. The van der Waals surface area contributed by atoms with Gasteiger partial charge in [0.25, 0.3) is 0 Å². The fraction of sp³-hybridized carbons (Fsp3) is 0.538. The van der Waals surface area contributed by atoms with Crippen LogP contribution in [0.3, 0.4) is 0 Å². The highest BCUT2D eigenvalue weighted by Gasteiger charge is 2.81. The maximum atomic E-state index is 16.4. The van der Waals surface area contributed by atoms with Crippen molar-refractivity contribution in [2.24, 2.45) is 0 Å². The first-order chi connectivity index (χ1) is 23.5. The molecule has 7 rings (SSSR count). The lowest BCUT2D eigenvalue weighted by atomic mass is 9.89. The Morgan fingerprint density at radius 2 is 0.959 bits per heavy atom. The number of hydrogen-bond acceptors (Lipinski definition) is 4. The van der Waals surface area contributed by atoms with E-state index in [1.165, 1.54) is 0 Å². The third-order valence-electron chi connectivity index (χ3n) is 10.6. The van der Waals surface area contributed by atoms with Crippen LogP contribution in [-0.4, -0.2) is 43.9 Å². The van der Waals surface area contributed by atoms with Gasteiger partial charge in [0.15, 0.2) is 0 Å². The Labute approximate surface area is 283 Å². The molecule has 0 radical (unpaired) electrons. The summed E-state index contributed by atoms with van der Waals surface area (Å²) in [7, 11) is 0. The van der Waals surface area contributed by atoms with Crippen LogP contribution in [0.1, 0.15) is 101 Å². The van der Waals surface area contributed by atoms with E-state index in [0.29, 0.717) is 25.7 Å². The first-order valence-electron chi connectivity index (χ1n) is 18.0. The van der Waals surface area contributed by atoms with Gasteiger partial charge in [-0.2, -0.15) is 26.3 Å². The number of alkyl halides is 6. The summed E-state index contributed by atoms with van der Waals surface area (Å²) in [4.78, 5) is 4.34. The maximum Gasteiger partial charge on any atom is 0.380 e. The lowest BCUT2D eigenvalue weighted by Gasteiger charge is -2.28. The molecule has 0 spiro atoms. The van der Waals surface area contributed by atoms with Crippen molar-refractivity contribution in [3.8, 4) is 0 Å². The number of anilines is 2. The third-order valence-corrected chi connectivity index (χ3v) is 10.6. The summed E-state index contributed by atoms with van der Waals surface area (Å²) in [6.07, 6.45) is 8.86. The van der Waals surface area contributed by atoms with Crippen molar-refractivity contribution in [1.82, 2.24) is 0 Å². The maximum absolute atomic E-state index is 16.4. The van der Waals surface area contributed by atoms with Crippen LogP contribution in [0.2, 0.25) is 0 Å². The van der Waals surface area contributed by atoms with E-state index in [9.17, 15) is 0 Å². The molecule has 49 heavy (non-hydrogen) atoms. The van der Waals surface area contributed by atoms with Crippen molar-refractivity contribution < 1.29 is 35.2 Å². The molecule has 2 aromatic heterocycles. The van der Waals surface area contributed by atoms with E-state index in [4.69, 9.17) is 8.83 Å². The molecule has 264 valence electrons. The van der Waals surface area contributed by atoms with Crippen LogP contribution in [0, 0.1) is 0 Å². The van der Waals surface area contributed by atoms with Crippen molar-refractivity contribution in [2.75, 3.05) is 36.0 Å². The van der Waals surface area contributed by atoms with Crippen molar-refractivity contribution in [1.29, 1.82) is 0 Å². The van der Waals surface area contributed by atoms with Gasteiger partial charge in [-0.3, -0.25) is 0 Å². The molecule has 0 amide bonds. The minimum absolute atomic E-state index is 0.0172. The number of rotatable bonds is 10. The summed E-state index contributed by atoms with van der Waals surface area (Å²) >= 11 is 0. The molecule has 2 aromatic carbocycles. The highest BCUT2D eigenvalue weighted by molar-refractivity contribution is 6.12. The van der Waals surface area contributed by atoms with Gasteiger partial charge in [0.05, 0.1) is 0 Å². The van der Waals surface area contributed by atoms with Gasteiger partial charge in [0.1, 0.15) is 22.7 Å². The van der Waals surface area contributed by atoms with Crippen molar-refractivity contribution in [3.63, 3.8) is 0 Å². The zero-order valence-electron chi connectivity index (χ0n) is 28.3. The highest BCUT2D eigenvalue weighted by atomic mass is 19.3. The Balaban J connectivity index is 1.50. The number of allylic oxidation sites excluding steroid dienone is 2. The monoisotopic (exact) mass is 686 g/mol. The van der Waals surface area contributed by atoms with Gasteiger partial charge in [-0.05, 0) is 75.6 Å². The molecule has 0 N–H and O–H groups in total. The van der Waals surface area contributed by atoms with E-state index in [1.807, 2.05) is 13.8 Å². The van der Waals surface area contributed by atoms with Crippen molar-refractivity contribution in [2.45, 2.75) is 109 Å². The Kier molecular flexibility index (Phi) is 8.97. The molecule has 2 fully saturated rings. The van der Waals surface area contributed by atoms with Gasteiger partial charge in [-0.25, -0.2) is 0 Å². The topological polar surface area (TPSA) is 32.8 Å². The number of halogens is 6. The normalized spacial score (nSPS) is 20.7. The predicted octanol–water partition coefficient (Wildman–Crippen LogP) is 11.7. The lowest BCUT2D eigenvalue weighted by molar-refractivity contribution is -0.254. The summed E-state index contributed by atoms with van der Waals surface area (Å²) in [5.41, 5.74) is -1.34. The van der Waals surface area contributed by atoms with E-state index in [1.54, 1.807) is 36.4 Å². The number of furan rings is 2. The quantitative estimate of drug-likeness (QED) is 0.156. The smallest absolute Gasteiger partial charge is 0.380 e. The number of fused-ring (bicyclic) bond motifs is 2. The number of hydrogen-bond donors (Lipinski definition) is 0. The van der Waals surface area contributed by atoms with Crippen LogP contribution in [0.25, 0.3) is 33.1 Å². The largest absolute Gasteiger partial charge is 0.460 e. The molecule has 0 bridgehead atoms. The molecule has 4 aromatic rings. The third kappa shape index (κ3) is 5.52. The van der Waals surface area contributed by atoms with E-state index >= 15 is 26.3 Å². The summed E-state index contributed by atoms with van der Waals surface area (Å²) in [5, 5.41) is 0.255. The van der Waals surface area contributed by atoms with E-state index in [0.717, 1.165) is 76.1 Å². The molecule has 0 saturated carbocycles. The Bertz CT molecular complexity index is 1730. The van der Waals surface area contributed by atoms with Gasteiger partial charge in [-0.15, -0.1) is 0 Å². The van der Waals surface area contributed by atoms with Gasteiger partial charge in [0.2, 0.25) is 0 Å². The lowest BCUT2D eigenvalue weighted by Crippen LogP contribution is -2.49. The zero-order valence-corrected chi connectivity index (χ0v) is 28.3. The Hall–Kier alpha value is -3.56. The van der Waals surface area contributed by atoms with E-state index < -0.39 is 28.9 Å². The minimum Gasteiger partial charge on any atom is -0.460 e. The number of aryl methyl sites for hydroxylation is 2. The Morgan fingerprint density at radius 3 is 1.33 bits per heavy atom. The fourth-order valence-electron chi connectivity index (χ4n) is 7.93. The summed E-state index contributed by atoms with van der Waals surface area (Å²) in [6.45, 7) is 7.10. The average molecular weight is 687 g/mol. The number of unbranched alkanes of at least 4 members (excludes halogenated alkanes) is 2. The van der Waals surface area contributed by atoms with Crippen LogP contribution < -0.4 is 9.80 Å². The minimum atomic E-state index is -5.69. The SMILES string of the molecule is CCCCc1oc2cc(N3CCCCC3)ccc2c1C1=C(c2c(CCCC)oc3cc(N4CCCCC4)ccc23)C(F)(F)C(F)(F)C1(F)F. The van der Waals surface area contributed by atoms with Crippen LogP contribution in [0.4, 0.5) is 37.7 Å². The predicted molar refractivity (Wildman–Crippen MR) is 183 cm³/mol. The van der Waals surface area contributed by atoms with Gasteiger partial charge < -0.3 is 18.6 Å². The molecular formula is C39H44F6N2O2. The molecule has 4 nitrogen and oxygen atoms in total. The molecule has 3 aliphatic rings. The molecule has 0 atom stereocenters. The van der Waals surface area contributed by atoms with Gasteiger partial charge >= 0.3 is 17.8 Å². The van der Waals surface area contributed by atoms with E-state index in [-0.39, 0.29) is 57.4 Å². The summed E-state index contributed by atoms with van der Waals surface area (Å²) in [5.74, 6) is -16.1. The molecular weight excluding hydrogens is 642 g/mol. The molecule has 4 heterocycles. The number of benzene rings is 2. The van der Waals surface area contributed by atoms with Crippen LogP contribution in [0.15, 0.2) is 45.2 Å². The van der Waals surface area contributed by atoms with Crippen LogP contribution >= 0.6 is 0 Å². The number of nitrogens with zero attached hydrogens (tertiary/aromatic N) is 2. The Morgan fingerprint density at radius 1 is 0.571 bits per heavy atom. The van der Waals surface area contributed by atoms with Crippen LogP contribution in [0.5, 0.6) is 0 Å². The molecule has 1 aliphatic carbocycles. The highest BCUT2D eigenvalue weighted by Crippen LogP contribution is 2.66. The van der Waals surface area contributed by atoms with Crippen molar-refractivity contribution in [3.05, 3.63) is 59.0 Å². The fourth-order valence-corrected chi connectivity index (χ4v) is 7.93. The molecule has 10 heteroatoms. The molecule has 2 aliphatic heterocycles. The van der Waals surface area contributed by atoms with E-state index in [2.05, 4.69) is 9.80 Å². The summed E-state index contributed by atoms with van der Waals surface area (Å²) in [6, 6.07) is 10.1. The average Bonchev–Trinajstić information content (AvgIpc) is 3.67. The van der Waals surface area contributed by atoms with Crippen LogP contribution in [-0.2, 0) is 12.8 Å². The second-order valence-corrected chi connectivity index (χ2v) is 13.9.